The molecule has 2 aliphatic carbocycles. The van der Waals surface area contributed by atoms with Gasteiger partial charge in [0.15, 0.2) is 0 Å². The summed E-state index contributed by atoms with van der Waals surface area (Å²) < 4.78 is 0. The first-order valence-corrected chi connectivity index (χ1v) is 15.2. The summed E-state index contributed by atoms with van der Waals surface area (Å²) in [5, 5.41) is 0. The van der Waals surface area contributed by atoms with Crippen molar-refractivity contribution in [1.29, 1.82) is 0 Å². The van der Waals surface area contributed by atoms with E-state index in [4.69, 9.17) is 0 Å². The molecule has 2 heterocycles. The van der Waals surface area contributed by atoms with Crippen LogP contribution in [0.15, 0.2) is 0 Å². The Hall–Kier alpha value is -0.0800. The van der Waals surface area contributed by atoms with Crippen molar-refractivity contribution in [3.8, 4) is 0 Å². The molecule has 4 fully saturated rings. The molecule has 0 aromatic rings. The Balaban J connectivity index is 1.28. The summed E-state index contributed by atoms with van der Waals surface area (Å²) in [6.07, 6.45) is 20.5. The third-order valence-corrected chi connectivity index (χ3v) is 11.0. The van der Waals surface area contributed by atoms with Gasteiger partial charge in [0, 0.05) is 12.1 Å². The number of hydrogen-bond acceptors (Lipinski definition) is 2. The molecule has 4 aliphatic rings. The predicted octanol–water partition coefficient (Wildman–Crippen LogP) is 7.62. The molecule has 4 atom stereocenters. The molecular weight excluding hydrogens is 388 g/mol. The van der Waals surface area contributed by atoms with E-state index >= 15 is 0 Å². The largest absolute Gasteiger partial charge is 0.300 e. The fraction of sp³-hybridized carbons (Fsp3) is 1.00. The van der Waals surface area contributed by atoms with Crippen LogP contribution in [0.25, 0.3) is 0 Å². The van der Waals surface area contributed by atoms with Crippen molar-refractivity contribution in [2.24, 2.45) is 35.5 Å². The topological polar surface area (TPSA) is 6.48 Å². The molecule has 2 nitrogen and oxygen atoms in total. The van der Waals surface area contributed by atoms with Crippen LogP contribution in [0.1, 0.15) is 118 Å². The van der Waals surface area contributed by atoms with Crippen LogP contribution in [-0.2, 0) is 0 Å². The van der Waals surface area contributed by atoms with E-state index in [0.717, 1.165) is 47.6 Å². The second-order valence-electron chi connectivity index (χ2n) is 12.3. The van der Waals surface area contributed by atoms with Gasteiger partial charge in [0.1, 0.15) is 0 Å². The zero-order chi connectivity index (χ0) is 22.5. The summed E-state index contributed by atoms with van der Waals surface area (Å²) in [6, 6.07) is 1.81. The van der Waals surface area contributed by atoms with Crippen molar-refractivity contribution in [1.82, 2.24) is 9.80 Å². The van der Waals surface area contributed by atoms with Crippen molar-refractivity contribution < 1.29 is 0 Å². The lowest BCUT2D eigenvalue weighted by Crippen LogP contribution is -2.53. The molecule has 4 rings (SSSR count). The van der Waals surface area contributed by atoms with Crippen LogP contribution < -0.4 is 0 Å². The summed E-state index contributed by atoms with van der Waals surface area (Å²) in [4.78, 5) is 5.96. The number of hydrogen-bond donors (Lipinski definition) is 0. The Morgan fingerprint density at radius 2 is 0.719 bits per heavy atom. The normalized spacial score (nSPS) is 39.4. The van der Waals surface area contributed by atoms with E-state index in [2.05, 4.69) is 37.5 Å². The predicted molar refractivity (Wildman–Crippen MR) is 139 cm³/mol. The standard InChI is InChI=1S/C30H56N2/c1-5-23-11-9-12-24(6-2)29(23)31-19-15-27(16-20-31)28-17-21-32(22-18-28)30-25(7-3)13-10-14-26(30)8-4/h23-30H,5-22H2,1-4H3. The van der Waals surface area contributed by atoms with Crippen molar-refractivity contribution in [2.75, 3.05) is 26.2 Å². The van der Waals surface area contributed by atoms with Crippen LogP contribution in [0.2, 0.25) is 0 Å². The Morgan fingerprint density at radius 1 is 0.438 bits per heavy atom. The second kappa shape index (κ2) is 12.1. The van der Waals surface area contributed by atoms with Gasteiger partial charge in [-0.05, 0) is 113 Å². The summed E-state index contributed by atoms with van der Waals surface area (Å²) in [5.41, 5.74) is 0. The minimum atomic E-state index is 0.907. The van der Waals surface area contributed by atoms with E-state index < -0.39 is 0 Å². The first-order chi connectivity index (χ1) is 15.7. The van der Waals surface area contributed by atoms with E-state index in [1.54, 1.807) is 0 Å². The third kappa shape index (κ3) is 5.42. The maximum atomic E-state index is 2.98. The van der Waals surface area contributed by atoms with Crippen LogP contribution in [-0.4, -0.2) is 48.1 Å². The molecule has 2 aliphatic heterocycles. The fourth-order valence-electron chi connectivity index (χ4n) is 9.09. The molecule has 0 radical (unpaired) electrons. The van der Waals surface area contributed by atoms with Gasteiger partial charge in [0.2, 0.25) is 0 Å². The van der Waals surface area contributed by atoms with Gasteiger partial charge in [-0.15, -0.1) is 0 Å². The molecule has 0 bridgehead atoms. The monoisotopic (exact) mass is 444 g/mol. The second-order valence-corrected chi connectivity index (χ2v) is 12.3. The van der Waals surface area contributed by atoms with Gasteiger partial charge in [-0.2, -0.15) is 0 Å². The lowest BCUT2D eigenvalue weighted by atomic mass is 9.71. The Kier molecular flexibility index (Phi) is 9.43. The van der Waals surface area contributed by atoms with Crippen molar-refractivity contribution in [3.05, 3.63) is 0 Å². The van der Waals surface area contributed by atoms with Crippen LogP contribution in [0.3, 0.4) is 0 Å². The molecule has 0 N–H and O–H groups in total. The highest BCUT2D eigenvalue weighted by Crippen LogP contribution is 2.42. The highest BCUT2D eigenvalue weighted by molar-refractivity contribution is 4.94. The lowest BCUT2D eigenvalue weighted by Gasteiger charge is -2.50. The highest BCUT2D eigenvalue weighted by atomic mass is 15.2. The van der Waals surface area contributed by atoms with Gasteiger partial charge in [-0.1, -0.05) is 66.2 Å². The quantitative estimate of drug-likeness (QED) is 0.398. The molecule has 0 aromatic heterocycles. The molecule has 4 unspecified atom stereocenters. The minimum absolute atomic E-state index is 0.907. The van der Waals surface area contributed by atoms with Gasteiger partial charge in [-0.3, -0.25) is 9.80 Å². The van der Waals surface area contributed by atoms with Crippen LogP contribution in [0.5, 0.6) is 0 Å². The van der Waals surface area contributed by atoms with E-state index in [1.807, 2.05) is 0 Å². The average Bonchev–Trinajstić information content (AvgIpc) is 2.87. The number of piperidine rings is 2. The molecule has 32 heavy (non-hydrogen) atoms. The lowest BCUT2D eigenvalue weighted by molar-refractivity contribution is -0.00533. The van der Waals surface area contributed by atoms with Crippen LogP contribution >= 0.6 is 0 Å². The first-order valence-electron chi connectivity index (χ1n) is 15.2. The number of nitrogens with zero attached hydrogens (tertiary/aromatic N) is 2. The summed E-state index contributed by atoms with van der Waals surface area (Å²) in [6.45, 7) is 15.4. The molecular formula is C30H56N2. The van der Waals surface area contributed by atoms with E-state index in [-0.39, 0.29) is 0 Å². The smallest absolute Gasteiger partial charge is 0.0152 e. The zero-order valence-corrected chi connectivity index (χ0v) is 22.2. The van der Waals surface area contributed by atoms with Crippen molar-refractivity contribution >= 4 is 0 Å². The summed E-state index contributed by atoms with van der Waals surface area (Å²) in [7, 11) is 0. The molecule has 0 aromatic carbocycles. The molecule has 0 spiro atoms. The first kappa shape index (κ1) is 25.0. The van der Waals surface area contributed by atoms with Gasteiger partial charge >= 0.3 is 0 Å². The number of likely N-dealkylation sites (tertiary alicyclic amines) is 2. The van der Waals surface area contributed by atoms with E-state index in [1.165, 1.54) is 116 Å². The Labute approximate surface area is 201 Å². The van der Waals surface area contributed by atoms with Gasteiger partial charge in [0.05, 0.1) is 0 Å². The van der Waals surface area contributed by atoms with E-state index in [0.29, 0.717) is 0 Å². The summed E-state index contributed by atoms with van der Waals surface area (Å²) >= 11 is 0. The molecule has 186 valence electrons. The van der Waals surface area contributed by atoms with Crippen molar-refractivity contribution in [3.63, 3.8) is 0 Å². The average molecular weight is 445 g/mol. The van der Waals surface area contributed by atoms with E-state index in [9.17, 15) is 0 Å². The zero-order valence-electron chi connectivity index (χ0n) is 22.2. The maximum Gasteiger partial charge on any atom is 0.0152 e. The fourth-order valence-corrected chi connectivity index (χ4v) is 9.09. The SMILES string of the molecule is CCC1CCCC(CC)C1N1CCC(C2CCN(C3C(CC)CCCC3CC)CC2)CC1. The van der Waals surface area contributed by atoms with Crippen LogP contribution in [0.4, 0.5) is 0 Å². The van der Waals surface area contributed by atoms with Gasteiger partial charge in [0.25, 0.3) is 0 Å². The molecule has 0 amide bonds. The van der Waals surface area contributed by atoms with Gasteiger partial charge < -0.3 is 0 Å². The minimum Gasteiger partial charge on any atom is -0.300 e. The third-order valence-electron chi connectivity index (χ3n) is 11.0. The summed E-state index contributed by atoms with van der Waals surface area (Å²) in [5.74, 6) is 5.94. The van der Waals surface area contributed by atoms with Gasteiger partial charge in [-0.25, -0.2) is 0 Å². The maximum absolute atomic E-state index is 2.98. The molecule has 2 saturated carbocycles. The number of rotatable bonds is 7. The van der Waals surface area contributed by atoms with Crippen LogP contribution in [0, 0.1) is 35.5 Å². The highest BCUT2D eigenvalue weighted by Gasteiger charge is 2.40. The Morgan fingerprint density at radius 3 is 0.969 bits per heavy atom. The molecule has 2 saturated heterocycles. The van der Waals surface area contributed by atoms with Crippen molar-refractivity contribution in [2.45, 2.75) is 130 Å². The molecule has 2 heteroatoms. The Bertz CT molecular complexity index is 459.